The van der Waals surface area contributed by atoms with Gasteiger partial charge in [-0.2, -0.15) is 13.2 Å². The average molecular weight is 192 g/mol. The quantitative estimate of drug-likeness (QED) is 0.595. The molecule has 0 saturated carbocycles. The van der Waals surface area contributed by atoms with E-state index >= 15 is 0 Å². The van der Waals surface area contributed by atoms with Crippen LogP contribution in [-0.2, 0) is 0 Å². The second-order valence-electron chi connectivity index (χ2n) is 3.87. The molecule has 0 aliphatic carbocycles. The summed E-state index contributed by atoms with van der Waals surface area (Å²) in [6.45, 7) is 4.56. The lowest BCUT2D eigenvalue weighted by atomic mass is 9.60. The van der Waals surface area contributed by atoms with Crippen molar-refractivity contribution >= 4 is 7.85 Å². The second-order valence-corrected chi connectivity index (χ2v) is 3.87. The third kappa shape index (κ3) is 4.05. The highest BCUT2D eigenvalue weighted by Crippen LogP contribution is 2.45. The second kappa shape index (κ2) is 4.38. The summed E-state index contributed by atoms with van der Waals surface area (Å²) in [6, 6.07) is 0. The number of alkyl halides is 3. The molecular formula is C9H16BF3. The summed E-state index contributed by atoms with van der Waals surface area (Å²) in [7, 11) is 5.61. The zero-order valence-electron chi connectivity index (χ0n) is 8.41. The smallest absolute Gasteiger partial charge is 0.171 e. The largest absolute Gasteiger partial charge is 0.391 e. The van der Waals surface area contributed by atoms with E-state index in [9.17, 15) is 13.2 Å². The van der Waals surface area contributed by atoms with Crippen LogP contribution in [0.1, 0.15) is 40.0 Å². The van der Waals surface area contributed by atoms with Gasteiger partial charge in [0.1, 0.15) is 0 Å². The Kier molecular flexibility index (Phi) is 4.33. The summed E-state index contributed by atoms with van der Waals surface area (Å²) in [5.74, 6) is -1.44. The Hall–Kier alpha value is -0.145. The molecule has 2 radical (unpaired) electrons. The molecule has 2 atom stereocenters. The molecule has 0 fully saturated rings. The highest BCUT2D eigenvalue weighted by atomic mass is 19.4. The molecule has 0 rings (SSSR count). The van der Waals surface area contributed by atoms with Crippen molar-refractivity contribution in [2.45, 2.75) is 51.5 Å². The van der Waals surface area contributed by atoms with Crippen LogP contribution in [0.15, 0.2) is 0 Å². The van der Waals surface area contributed by atoms with Crippen molar-refractivity contribution in [2.24, 2.45) is 5.92 Å². The molecule has 0 aliphatic rings. The average Bonchev–Trinajstić information content (AvgIpc) is 1.98. The Morgan fingerprint density at radius 2 is 1.77 bits per heavy atom. The lowest BCUT2D eigenvalue weighted by molar-refractivity contribution is -0.179. The topological polar surface area (TPSA) is 0 Å². The first-order chi connectivity index (χ1) is 5.72. The van der Waals surface area contributed by atoms with E-state index in [1.54, 1.807) is 0 Å². The van der Waals surface area contributed by atoms with Gasteiger partial charge in [0, 0.05) is 5.92 Å². The van der Waals surface area contributed by atoms with Gasteiger partial charge < -0.3 is 0 Å². The highest BCUT2D eigenvalue weighted by molar-refractivity contribution is 6.15. The Labute approximate surface area is 79.3 Å². The maximum Gasteiger partial charge on any atom is 0.391 e. The van der Waals surface area contributed by atoms with Crippen LogP contribution in [-0.4, -0.2) is 14.0 Å². The van der Waals surface area contributed by atoms with Crippen LogP contribution in [0, 0.1) is 5.92 Å². The van der Waals surface area contributed by atoms with Gasteiger partial charge in [0.15, 0.2) is 0 Å². The Morgan fingerprint density at radius 3 is 2.08 bits per heavy atom. The zero-order valence-corrected chi connectivity index (χ0v) is 8.41. The van der Waals surface area contributed by atoms with Crippen molar-refractivity contribution < 1.29 is 13.2 Å². The van der Waals surface area contributed by atoms with Crippen molar-refractivity contribution in [3.8, 4) is 0 Å². The predicted octanol–water partition coefficient (Wildman–Crippen LogP) is 3.72. The molecule has 0 N–H and O–H groups in total. The van der Waals surface area contributed by atoms with Crippen molar-refractivity contribution in [3.63, 3.8) is 0 Å². The van der Waals surface area contributed by atoms with E-state index in [0.29, 0.717) is 6.42 Å². The van der Waals surface area contributed by atoms with E-state index in [-0.39, 0.29) is 0 Å². The van der Waals surface area contributed by atoms with Crippen LogP contribution in [0.3, 0.4) is 0 Å². The fourth-order valence-corrected chi connectivity index (χ4v) is 1.15. The first-order valence-corrected chi connectivity index (χ1v) is 4.57. The fraction of sp³-hybridized carbons (Fsp3) is 1.00. The number of rotatable bonds is 4. The predicted molar refractivity (Wildman–Crippen MR) is 48.9 cm³/mol. The number of hydrogen-bond acceptors (Lipinski definition) is 0. The maximum absolute atomic E-state index is 12.3. The van der Waals surface area contributed by atoms with Crippen molar-refractivity contribution in [1.29, 1.82) is 0 Å². The van der Waals surface area contributed by atoms with Gasteiger partial charge in [0.25, 0.3) is 0 Å². The minimum atomic E-state index is -4.18. The van der Waals surface area contributed by atoms with E-state index in [1.807, 2.05) is 6.92 Å². The zero-order chi connectivity index (χ0) is 10.7. The molecule has 4 heteroatoms. The normalized spacial score (nSPS) is 19.5. The summed E-state index contributed by atoms with van der Waals surface area (Å²) >= 11 is 0. The van der Waals surface area contributed by atoms with Crippen LogP contribution in [0.5, 0.6) is 0 Å². The molecule has 0 nitrogen and oxygen atoms in total. The van der Waals surface area contributed by atoms with E-state index in [4.69, 9.17) is 7.85 Å². The van der Waals surface area contributed by atoms with Crippen LogP contribution >= 0.6 is 0 Å². The van der Waals surface area contributed by atoms with Crippen LogP contribution in [0.2, 0.25) is 5.31 Å². The Bertz CT molecular complexity index is 151. The molecule has 2 unspecified atom stereocenters. The van der Waals surface area contributed by atoms with E-state index in [0.717, 1.165) is 19.8 Å². The molecule has 0 aromatic heterocycles. The molecular weight excluding hydrogens is 176 g/mol. The van der Waals surface area contributed by atoms with E-state index in [2.05, 4.69) is 0 Å². The summed E-state index contributed by atoms with van der Waals surface area (Å²) in [6.07, 6.45) is -2.15. The number of unbranched alkanes of at least 4 members (excludes halogenated alkanes) is 1. The van der Waals surface area contributed by atoms with Crippen molar-refractivity contribution in [3.05, 3.63) is 0 Å². The van der Waals surface area contributed by atoms with Crippen LogP contribution < -0.4 is 0 Å². The van der Waals surface area contributed by atoms with Crippen LogP contribution in [0.25, 0.3) is 0 Å². The first kappa shape index (κ1) is 12.9. The van der Waals surface area contributed by atoms with Gasteiger partial charge in [-0.1, -0.05) is 45.3 Å². The third-order valence-corrected chi connectivity index (χ3v) is 2.55. The minimum absolute atomic E-state index is 0.421. The van der Waals surface area contributed by atoms with Gasteiger partial charge in [-0.15, -0.1) is 0 Å². The first-order valence-electron chi connectivity index (χ1n) is 4.57. The van der Waals surface area contributed by atoms with E-state index in [1.165, 1.54) is 6.92 Å². The molecule has 0 bridgehead atoms. The minimum Gasteiger partial charge on any atom is -0.171 e. The van der Waals surface area contributed by atoms with Gasteiger partial charge >= 0.3 is 6.18 Å². The lowest BCUT2D eigenvalue weighted by Gasteiger charge is -2.33. The SMILES string of the molecule is [B]C(C)(CCCC)C(C)C(F)(F)F. The third-order valence-electron chi connectivity index (χ3n) is 2.55. The highest BCUT2D eigenvalue weighted by Gasteiger charge is 2.44. The van der Waals surface area contributed by atoms with Gasteiger partial charge in [0.2, 0.25) is 0 Å². The molecule has 76 valence electrons. The lowest BCUT2D eigenvalue weighted by Crippen LogP contribution is -2.31. The summed E-state index contributed by atoms with van der Waals surface area (Å²) in [5, 5.41) is -1.13. The fourth-order valence-electron chi connectivity index (χ4n) is 1.15. The van der Waals surface area contributed by atoms with Gasteiger partial charge in [-0.3, -0.25) is 0 Å². The van der Waals surface area contributed by atoms with E-state index < -0.39 is 17.4 Å². The molecule has 0 heterocycles. The Balaban J connectivity index is 4.27. The number of halogens is 3. The molecule has 0 aromatic rings. The summed E-state index contributed by atoms with van der Waals surface area (Å²) in [5.41, 5.74) is 0. The Morgan fingerprint density at radius 1 is 1.31 bits per heavy atom. The molecule has 0 aliphatic heterocycles. The molecule has 13 heavy (non-hydrogen) atoms. The molecule has 0 amide bonds. The summed E-state index contributed by atoms with van der Waals surface area (Å²) in [4.78, 5) is 0. The number of hydrogen-bond donors (Lipinski definition) is 0. The summed E-state index contributed by atoms with van der Waals surface area (Å²) < 4.78 is 36.9. The van der Waals surface area contributed by atoms with Crippen molar-refractivity contribution in [2.75, 3.05) is 0 Å². The van der Waals surface area contributed by atoms with Crippen molar-refractivity contribution in [1.82, 2.24) is 0 Å². The van der Waals surface area contributed by atoms with Crippen LogP contribution in [0.4, 0.5) is 13.2 Å². The van der Waals surface area contributed by atoms with Gasteiger partial charge in [-0.05, 0) is 0 Å². The molecule has 0 aromatic carbocycles. The van der Waals surface area contributed by atoms with Gasteiger partial charge in [-0.25, -0.2) is 0 Å². The van der Waals surface area contributed by atoms with Gasteiger partial charge in [0.05, 0.1) is 7.85 Å². The molecule has 0 spiro atoms. The monoisotopic (exact) mass is 192 g/mol. The standard InChI is InChI=1S/C9H16BF3/c1-4-5-6-8(3,10)7(2)9(11,12)13/h7H,4-6H2,1-3H3. The molecule has 0 saturated heterocycles. The maximum atomic E-state index is 12.3.